The van der Waals surface area contributed by atoms with Crippen molar-refractivity contribution in [3.63, 3.8) is 0 Å². The Bertz CT molecular complexity index is 753. The maximum atomic E-state index is 13.5. The molecule has 130 valence electrons. The maximum absolute atomic E-state index is 13.5. The minimum absolute atomic E-state index is 0.0536. The minimum Gasteiger partial charge on any atom is -0.444 e. The molecule has 0 bridgehead atoms. The van der Waals surface area contributed by atoms with Crippen LogP contribution < -0.4 is 5.32 Å². The lowest BCUT2D eigenvalue weighted by Gasteiger charge is -2.20. The topological polar surface area (TPSA) is 69.0 Å². The molecule has 0 radical (unpaired) electrons. The van der Waals surface area contributed by atoms with Gasteiger partial charge in [-0.2, -0.15) is 18.3 Å². The summed E-state index contributed by atoms with van der Waals surface area (Å²) in [5, 5.41) is 5.77. The number of rotatable bonds is 2. The number of carbonyl (C=O) groups excluding carboxylic acids is 1. The van der Waals surface area contributed by atoms with Gasteiger partial charge in [-0.15, -0.1) is 0 Å². The molecule has 0 unspecified atom stereocenters. The molecule has 0 fully saturated rings. The van der Waals surface area contributed by atoms with Crippen molar-refractivity contribution in [2.24, 2.45) is 0 Å². The fraction of sp³-hybridized carbons (Fsp3) is 0.357. The van der Waals surface area contributed by atoms with Gasteiger partial charge in [-0.1, -0.05) is 0 Å². The zero-order valence-electron chi connectivity index (χ0n) is 13.0. The van der Waals surface area contributed by atoms with Gasteiger partial charge < -0.3 is 4.74 Å². The average molecular weight is 407 g/mol. The Labute approximate surface area is 144 Å². The summed E-state index contributed by atoms with van der Waals surface area (Å²) in [6.45, 7) is 4.81. The van der Waals surface area contributed by atoms with Crippen LogP contribution in [0.5, 0.6) is 0 Å². The number of nitrogens with one attached hydrogen (secondary N) is 1. The average Bonchev–Trinajstić information content (AvgIpc) is 2.80. The smallest absolute Gasteiger partial charge is 0.435 e. The Morgan fingerprint density at radius 2 is 2.00 bits per heavy atom. The molecule has 6 nitrogen and oxygen atoms in total. The molecular formula is C14H14BrF3N4O2. The van der Waals surface area contributed by atoms with Crippen LogP contribution in [0.3, 0.4) is 0 Å². The van der Waals surface area contributed by atoms with Gasteiger partial charge in [0, 0.05) is 6.20 Å². The molecule has 1 N–H and O–H groups in total. The van der Waals surface area contributed by atoms with E-state index in [1.54, 1.807) is 26.8 Å². The molecule has 0 spiro atoms. The maximum Gasteiger partial charge on any atom is 0.435 e. The zero-order chi connectivity index (χ0) is 18.1. The van der Waals surface area contributed by atoms with Crippen LogP contribution in [0.15, 0.2) is 29.0 Å². The SMILES string of the molecule is CC(C)(C)OC(=O)Nc1cnn(-c2ncccc2Br)c1C(F)(F)F. The monoisotopic (exact) mass is 406 g/mol. The third-order valence-corrected chi connectivity index (χ3v) is 3.23. The summed E-state index contributed by atoms with van der Waals surface area (Å²) in [6.07, 6.45) is -3.54. The van der Waals surface area contributed by atoms with Crippen LogP contribution in [-0.2, 0) is 10.9 Å². The minimum atomic E-state index is -4.77. The van der Waals surface area contributed by atoms with Gasteiger partial charge in [0.2, 0.25) is 0 Å². The molecule has 24 heavy (non-hydrogen) atoms. The summed E-state index contributed by atoms with van der Waals surface area (Å²) in [5.41, 5.74) is -2.52. The van der Waals surface area contributed by atoms with Crippen LogP contribution >= 0.6 is 15.9 Å². The van der Waals surface area contributed by atoms with E-state index >= 15 is 0 Å². The molecule has 2 heterocycles. The van der Waals surface area contributed by atoms with Gasteiger partial charge in [0.15, 0.2) is 11.5 Å². The molecule has 1 amide bonds. The number of hydrogen-bond donors (Lipinski definition) is 1. The van der Waals surface area contributed by atoms with Gasteiger partial charge in [-0.3, -0.25) is 5.32 Å². The van der Waals surface area contributed by atoms with Crippen LogP contribution in [0.25, 0.3) is 5.82 Å². The summed E-state index contributed by atoms with van der Waals surface area (Å²) in [5.74, 6) is -0.0536. The number of nitrogens with zero attached hydrogens (tertiary/aromatic N) is 3. The van der Waals surface area contributed by atoms with E-state index in [2.05, 4.69) is 31.3 Å². The Hall–Kier alpha value is -2.10. The molecular weight excluding hydrogens is 393 g/mol. The van der Waals surface area contributed by atoms with Crippen molar-refractivity contribution in [3.05, 3.63) is 34.7 Å². The highest BCUT2D eigenvalue weighted by atomic mass is 79.9. The van der Waals surface area contributed by atoms with Gasteiger partial charge in [0.25, 0.3) is 0 Å². The van der Waals surface area contributed by atoms with E-state index in [-0.39, 0.29) is 5.82 Å². The second-order valence-corrected chi connectivity index (χ2v) is 6.61. The zero-order valence-corrected chi connectivity index (χ0v) is 14.6. The van der Waals surface area contributed by atoms with Crippen LogP contribution in [0.4, 0.5) is 23.7 Å². The van der Waals surface area contributed by atoms with Crippen molar-refractivity contribution in [1.82, 2.24) is 14.8 Å². The fourth-order valence-corrected chi connectivity index (χ4v) is 2.24. The summed E-state index contributed by atoms with van der Waals surface area (Å²) >= 11 is 3.13. The van der Waals surface area contributed by atoms with Gasteiger partial charge in [0.1, 0.15) is 5.60 Å². The number of aromatic nitrogens is 3. The van der Waals surface area contributed by atoms with E-state index < -0.39 is 29.3 Å². The molecule has 0 aliphatic rings. The second kappa shape index (κ2) is 6.42. The van der Waals surface area contributed by atoms with E-state index in [1.165, 1.54) is 12.3 Å². The molecule has 2 aromatic rings. The summed E-state index contributed by atoms with van der Waals surface area (Å²) in [7, 11) is 0. The van der Waals surface area contributed by atoms with Crippen molar-refractivity contribution in [1.29, 1.82) is 0 Å². The number of anilines is 1. The number of amides is 1. The van der Waals surface area contributed by atoms with E-state index in [1.807, 2.05) is 0 Å². The Morgan fingerprint density at radius 1 is 1.33 bits per heavy atom. The first-order chi connectivity index (χ1) is 11.0. The largest absolute Gasteiger partial charge is 0.444 e. The first-order valence-corrected chi connectivity index (χ1v) is 7.54. The predicted octanol–water partition coefficient (Wildman–Crippen LogP) is 4.40. The van der Waals surface area contributed by atoms with Crippen molar-refractivity contribution >= 4 is 27.7 Å². The third kappa shape index (κ3) is 4.25. The first kappa shape index (κ1) is 18.2. The summed E-state index contributed by atoms with van der Waals surface area (Å²) in [6, 6.07) is 3.09. The lowest BCUT2D eigenvalue weighted by atomic mass is 10.2. The van der Waals surface area contributed by atoms with Gasteiger partial charge >= 0.3 is 12.3 Å². The summed E-state index contributed by atoms with van der Waals surface area (Å²) in [4.78, 5) is 15.6. The van der Waals surface area contributed by atoms with Gasteiger partial charge in [0.05, 0.1) is 16.4 Å². The van der Waals surface area contributed by atoms with E-state index in [0.29, 0.717) is 9.15 Å². The normalized spacial score (nSPS) is 12.1. The van der Waals surface area contributed by atoms with Crippen molar-refractivity contribution in [2.75, 3.05) is 5.32 Å². The van der Waals surface area contributed by atoms with E-state index in [9.17, 15) is 18.0 Å². The van der Waals surface area contributed by atoms with Gasteiger partial charge in [-0.25, -0.2) is 14.5 Å². The van der Waals surface area contributed by atoms with E-state index in [0.717, 1.165) is 6.20 Å². The van der Waals surface area contributed by atoms with Crippen LogP contribution in [0.1, 0.15) is 26.5 Å². The number of ether oxygens (including phenoxy) is 1. The highest BCUT2D eigenvalue weighted by molar-refractivity contribution is 9.10. The molecule has 0 saturated heterocycles. The summed E-state index contributed by atoms with van der Waals surface area (Å²) < 4.78 is 46.3. The number of carbonyl (C=O) groups is 1. The Kier molecular flexibility index (Phi) is 4.88. The molecule has 0 saturated carbocycles. The number of hydrogen-bond acceptors (Lipinski definition) is 4. The van der Waals surface area contributed by atoms with Crippen molar-refractivity contribution in [3.8, 4) is 5.82 Å². The Morgan fingerprint density at radius 3 is 2.54 bits per heavy atom. The third-order valence-electron chi connectivity index (χ3n) is 2.61. The number of halogens is 4. The highest BCUT2D eigenvalue weighted by Gasteiger charge is 2.40. The second-order valence-electron chi connectivity index (χ2n) is 5.75. The van der Waals surface area contributed by atoms with Gasteiger partial charge in [-0.05, 0) is 48.8 Å². The molecule has 10 heteroatoms. The predicted molar refractivity (Wildman–Crippen MR) is 83.9 cm³/mol. The standard InChI is InChI=1S/C14H14BrF3N4O2/c1-13(2,3)24-12(23)21-9-7-20-22(10(9)14(16,17)18)11-8(15)5-4-6-19-11/h4-7H,1-3H3,(H,21,23). The molecule has 2 aromatic heterocycles. The highest BCUT2D eigenvalue weighted by Crippen LogP contribution is 2.37. The lowest BCUT2D eigenvalue weighted by Crippen LogP contribution is -2.28. The Balaban J connectivity index is 2.45. The quantitative estimate of drug-likeness (QED) is 0.802. The van der Waals surface area contributed by atoms with E-state index in [4.69, 9.17) is 4.74 Å². The molecule has 0 aliphatic carbocycles. The van der Waals surface area contributed by atoms with Crippen molar-refractivity contribution in [2.45, 2.75) is 32.5 Å². The molecule has 0 aliphatic heterocycles. The number of pyridine rings is 1. The molecule has 0 aromatic carbocycles. The molecule has 0 atom stereocenters. The van der Waals surface area contributed by atoms with Crippen LogP contribution in [-0.4, -0.2) is 26.5 Å². The molecule has 2 rings (SSSR count). The first-order valence-electron chi connectivity index (χ1n) is 6.75. The number of alkyl halides is 3. The fourth-order valence-electron chi connectivity index (χ4n) is 1.82. The van der Waals surface area contributed by atoms with Crippen molar-refractivity contribution < 1.29 is 22.7 Å². The lowest BCUT2D eigenvalue weighted by molar-refractivity contribution is -0.142. The van der Waals surface area contributed by atoms with Crippen LogP contribution in [0, 0.1) is 0 Å². The van der Waals surface area contributed by atoms with Crippen LogP contribution in [0.2, 0.25) is 0 Å².